The molecule has 0 bridgehead atoms. The van der Waals surface area contributed by atoms with Crippen LogP contribution in [0.3, 0.4) is 0 Å². The normalized spacial score (nSPS) is 17.8. The van der Waals surface area contributed by atoms with Crippen LogP contribution in [0.4, 0.5) is 0 Å². The summed E-state index contributed by atoms with van der Waals surface area (Å²) in [7, 11) is 0. The first-order valence-corrected chi connectivity index (χ1v) is 6.16. The van der Waals surface area contributed by atoms with Gasteiger partial charge in [0.05, 0.1) is 25.8 Å². The molecule has 1 atom stereocenters. The second-order valence-electron chi connectivity index (χ2n) is 4.36. The van der Waals surface area contributed by atoms with Gasteiger partial charge < -0.3 is 4.74 Å². The van der Waals surface area contributed by atoms with E-state index in [1.165, 1.54) is 5.56 Å². The largest absolute Gasteiger partial charge is 0.373 e. The van der Waals surface area contributed by atoms with Crippen LogP contribution in [0.5, 0.6) is 0 Å². The van der Waals surface area contributed by atoms with Gasteiger partial charge in [0.25, 0.3) is 0 Å². The van der Waals surface area contributed by atoms with Gasteiger partial charge in [-0.15, -0.1) is 6.42 Å². The van der Waals surface area contributed by atoms with Crippen molar-refractivity contribution in [2.24, 2.45) is 0 Å². The number of nitrogens with one attached hydrogen (secondary N) is 1. The van der Waals surface area contributed by atoms with Crippen molar-refractivity contribution in [2.75, 3.05) is 19.7 Å². The molecule has 1 aliphatic heterocycles. The lowest BCUT2D eigenvalue weighted by Crippen LogP contribution is -2.26. The predicted molar refractivity (Wildman–Crippen MR) is 70.2 cm³/mol. The van der Waals surface area contributed by atoms with Crippen LogP contribution in [0.1, 0.15) is 23.7 Å². The van der Waals surface area contributed by atoms with E-state index in [0.717, 1.165) is 12.0 Å². The number of Topliss-reactive ketones (excluding diaryl/α,β-unsaturated/α-hetero) is 1. The maximum atomic E-state index is 11.8. The molecule has 0 saturated heterocycles. The highest BCUT2D eigenvalue weighted by Gasteiger charge is 2.22. The van der Waals surface area contributed by atoms with Crippen LogP contribution in [0.15, 0.2) is 24.3 Å². The molecule has 1 aromatic carbocycles. The smallest absolute Gasteiger partial charge is 0.149 e. The summed E-state index contributed by atoms with van der Waals surface area (Å²) in [5.41, 5.74) is 2.44. The van der Waals surface area contributed by atoms with E-state index < -0.39 is 0 Å². The molecule has 94 valence electrons. The number of ether oxygens (including phenoxy) is 1. The van der Waals surface area contributed by atoms with Gasteiger partial charge >= 0.3 is 0 Å². The molecule has 18 heavy (non-hydrogen) atoms. The number of ketones is 1. The van der Waals surface area contributed by atoms with Crippen molar-refractivity contribution in [3.63, 3.8) is 0 Å². The summed E-state index contributed by atoms with van der Waals surface area (Å²) >= 11 is 0. The zero-order valence-electron chi connectivity index (χ0n) is 10.3. The third-order valence-electron chi connectivity index (χ3n) is 3.05. The minimum atomic E-state index is -0.102. The molecule has 0 amide bonds. The number of terminal acetylenes is 1. The van der Waals surface area contributed by atoms with E-state index in [9.17, 15) is 4.79 Å². The maximum Gasteiger partial charge on any atom is 0.149 e. The van der Waals surface area contributed by atoms with Crippen molar-refractivity contribution in [2.45, 2.75) is 18.9 Å². The topological polar surface area (TPSA) is 38.3 Å². The summed E-state index contributed by atoms with van der Waals surface area (Å²) in [4.78, 5) is 11.8. The zero-order valence-corrected chi connectivity index (χ0v) is 10.3. The Morgan fingerprint density at radius 2 is 2.33 bits per heavy atom. The van der Waals surface area contributed by atoms with Crippen molar-refractivity contribution in [1.29, 1.82) is 0 Å². The summed E-state index contributed by atoms with van der Waals surface area (Å²) in [5, 5.41) is 2.91. The predicted octanol–water partition coefficient (Wildman–Crippen LogP) is 1.48. The first kappa shape index (κ1) is 12.8. The van der Waals surface area contributed by atoms with Crippen LogP contribution in [-0.2, 0) is 16.0 Å². The number of carbonyl (C=O) groups is 1. The summed E-state index contributed by atoms with van der Waals surface area (Å²) in [6.07, 6.45) is 6.35. The van der Waals surface area contributed by atoms with Crippen molar-refractivity contribution in [3.05, 3.63) is 35.4 Å². The summed E-state index contributed by atoms with van der Waals surface area (Å²) in [6, 6.07) is 8.16. The van der Waals surface area contributed by atoms with E-state index in [1.807, 2.05) is 18.2 Å². The Hall–Kier alpha value is -1.63. The number of hydrogen-bond donors (Lipinski definition) is 1. The van der Waals surface area contributed by atoms with Gasteiger partial charge in [-0.05, 0) is 17.5 Å². The first-order valence-electron chi connectivity index (χ1n) is 6.16. The third kappa shape index (κ3) is 3.19. The molecule has 0 radical (unpaired) electrons. The van der Waals surface area contributed by atoms with Gasteiger partial charge in [-0.3, -0.25) is 10.1 Å². The zero-order chi connectivity index (χ0) is 12.8. The van der Waals surface area contributed by atoms with Crippen molar-refractivity contribution in [3.8, 4) is 12.3 Å². The molecule has 1 N–H and O–H groups in total. The van der Waals surface area contributed by atoms with E-state index in [1.54, 1.807) is 0 Å². The van der Waals surface area contributed by atoms with Gasteiger partial charge in [0.2, 0.25) is 0 Å². The second kappa shape index (κ2) is 6.34. The molecule has 0 aliphatic carbocycles. The molecule has 3 nitrogen and oxygen atoms in total. The highest BCUT2D eigenvalue weighted by Crippen LogP contribution is 2.29. The average Bonchev–Trinajstić information content (AvgIpc) is 2.39. The summed E-state index contributed by atoms with van der Waals surface area (Å²) in [5.74, 6) is 2.58. The van der Waals surface area contributed by atoms with Crippen molar-refractivity contribution < 1.29 is 9.53 Å². The minimum Gasteiger partial charge on any atom is -0.373 e. The van der Waals surface area contributed by atoms with E-state index in [4.69, 9.17) is 11.2 Å². The molecule has 3 heteroatoms. The Morgan fingerprint density at radius 1 is 1.50 bits per heavy atom. The van der Waals surface area contributed by atoms with E-state index in [-0.39, 0.29) is 11.9 Å². The van der Waals surface area contributed by atoms with Gasteiger partial charge in [0.1, 0.15) is 5.78 Å². The molecule has 1 heterocycles. The number of fused-ring (bicyclic) bond motifs is 1. The van der Waals surface area contributed by atoms with Crippen LogP contribution in [-0.4, -0.2) is 25.5 Å². The third-order valence-corrected chi connectivity index (χ3v) is 3.05. The average molecular weight is 243 g/mol. The van der Waals surface area contributed by atoms with Crippen LogP contribution >= 0.6 is 0 Å². The van der Waals surface area contributed by atoms with Gasteiger partial charge in [-0.1, -0.05) is 30.2 Å². The quantitative estimate of drug-likeness (QED) is 0.629. The van der Waals surface area contributed by atoms with Crippen LogP contribution in [0.2, 0.25) is 0 Å². The fourth-order valence-electron chi connectivity index (χ4n) is 2.20. The molecule has 0 spiro atoms. The molecular weight excluding hydrogens is 226 g/mol. The molecule has 0 aromatic heterocycles. The highest BCUT2D eigenvalue weighted by atomic mass is 16.5. The SMILES string of the molecule is C#CCNCC(=O)CC1OCCc2ccccc21. The Morgan fingerprint density at radius 3 is 3.17 bits per heavy atom. The standard InChI is InChI=1S/C15H17NO2/c1-2-8-16-11-13(17)10-15-14-6-4-3-5-12(14)7-9-18-15/h1,3-6,15-16H,7-11H2. The van der Waals surface area contributed by atoms with Crippen molar-refractivity contribution >= 4 is 5.78 Å². The van der Waals surface area contributed by atoms with Crippen LogP contribution in [0.25, 0.3) is 0 Å². The Labute approximate surface area is 108 Å². The lowest BCUT2D eigenvalue weighted by Gasteiger charge is -2.25. The molecule has 1 unspecified atom stereocenters. The number of rotatable bonds is 5. The summed E-state index contributed by atoms with van der Waals surface area (Å²) < 4.78 is 5.69. The molecule has 0 saturated carbocycles. The van der Waals surface area contributed by atoms with Gasteiger partial charge in [0.15, 0.2) is 0 Å². The fraction of sp³-hybridized carbons (Fsp3) is 0.400. The number of carbonyl (C=O) groups excluding carboxylic acids is 1. The fourth-order valence-corrected chi connectivity index (χ4v) is 2.20. The van der Waals surface area contributed by atoms with E-state index in [0.29, 0.717) is 26.1 Å². The molecule has 1 aromatic rings. The Balaban J connectivity index is 1.95. The van der Waals surface area contributed by atoms with Gasteiger partial charge in [0, 0.05) is 6.42 Å². The monoisotopic (exact) mass is 243 g/mol. The summed E-state index contributed by atoms with van der Waals surface area (Å²) in [6.45, 7) is 1.42. The number of hydrogen-bond acceptors (Lipinski definition) is 3. The van der Waals surface area contributed by atoms with E-state index >= 15 is 0 Å². The lowest BCUT2D eigenvalue weighted by molar-refractivity contribution is -0.121. The number of benzene rings is 1. The molecular formula is C15H17NO2. The lowest BCUT2D eigenvalue weighted by atomic mass is 9.95. The first-order chi connectivity index (χ1) is 8.81. The molecule has 2 rings (SSSR count). The van der Waals surface area contributed by atoms with Crippen molar-refractivity contribution in [1.82, 2.24) is 5.32 Å². The molecule has 0 fully saturated rings. The molecule has 1 aliphatic rings. The van der Waals surface area contributed by atoms with Gasteiger partial charge in [-0.25, -0.2) is 0 Å². The highest BCUT2D eigenvalue weighted by molar-refractivity contribution is 5.81. The van der Waals surface area contributed by atoms with Crippen LogP contribution in [0, 0.1) is 12.3 Å². The van der Waals surface area contributed by atoms with Crippen LogP contribution < -0.4 is 5.32 Å². The Bertz CT molecular complexity index is 462. The Kier molecular flexibility index (Phi) is 4.52. The maximum absolute atomic E-state index is 11.8. The minimum absolute atomic E-state index is 0.102. The second-order valence-corrected chi connectivity index (χ2v) is 4.36. The van der Waals surface area contributed by atoms with E-state index in [2.05, 4.69) is 17.3 Å². The van der Waals surface area contributed by atoms with Gasteiger partial charge in [-0.2, -0.15) is 0 Å².